The van der Waals surface area contributed by atoms with Gasteiger partial charge in [-0.2, -0.15) is 0 Å². The van der Waals surface area contributed by atoms with E-state index in [2.05, 4.69) is 4.98 Å². The van der Waals surface area contributed by atoms with Crippen LogP contribution in [0.5, 0.6) is 5.75 Å². The van der Waals surface area contributed by atoms with Crippen LogP contribution in [0.3, 0.4) is 0 Å². The second-order valence-electron chi connectivity index (χ2n) is 6.61. The quantitative estimate of drug-likeness (QED) is 0.297. The molecule has 0 spiro atoms. The van der Waals surface area contributed by atoms with E-state index < -0.39 is 5.97 Å². The number of hydrogen-bond acceptors (Lipinski definition) is 6. The van der Waals surface area contributed by atoms with E-state index in [0.717, 1.165) is 22.4 Å². The Morgan fingerprint density at radius 2 is 1.93 bits per heavy atom. The van der Waals surface area contributed by atoms with Crippen molar-refractivity contribution >= 4 is 23.0 Å². The highest BCUT2D eigenvalue weighted by Gasteiger charge is 2.12. The highest BCUT2D eigenvalue weighted by Crippen LogP contribution is 2.27. The van der Waals surface area contributed by atoms with Gasteiger partial charge in [0.1, 0.15) is 35.2 Å². The van der Waals surface area contributed by atoms with Crippen LogP contribution in [0.1, 0.15) is 24.1 Å². The van der Waals surface area contributed by atoms with Crippen molar-refractivity contribution in [1.29, 1.82) is 0 Å². The van der Waals surface area contributed by atoms with Crippen LogP contribution in [0.15, 0.2) is 69.5 Å². The van der Waals surface area contributed by atoms with Crippen molar-refractivity contribution in [2.45, 2.75) is 20.5 Å². The highest BCUT2D eigenvalue weighted by atomic mass is 16.5. The van der Waals surface area contributed by atoms with E-state index in [1.165, 1.54) is 6.08 Å². The van der Waals surface area contributed by atoms with Gasteiger partial charge in [-0.3, -0.25) is 0 Å². The van der Waals surface area contributed by atoms with Gasteiger partial charge in [-0.15, -0.1) is 0 Å². The molecule has 0 fully saturated rings. The molecule has 0 saturated heterocycles. The molecular formula is C24H21NO5. The molecule has 0 saturated carbocycles. The first-order valence-corrected chi connectivity index (χ1v) is 9.65. The van der Waals surface area contributed by atoms with Crippen LogP contribution in [0, 0.1) is 6.92 Å². The van der Waals surface area contributed by atoms with Crippen molar-refractivity contribution in [3.05, 3.63) is 77.9 Å². The molecule has 2 aromatic heterocycles. The minimum Gasteiger partial charge on any atom is -0.487 e. The third-order valence-corrected chi connectivity index (χ3v) is 4.47. The Balaban J connectivity index is 1.46. The summed E-state index contributed by atoms with van der Waals surface area (Å²) < 4.78 is 22.3. The number of carbonyl (C=O) groups is 1. The fourth-order valence-corrected chi connectivity index (χ4v) is 2.96. The van der Waals surface area contributed by atoms with Gasteiger partial charge in [0.15, 0.2) is 0 Å². The Labute approximate surface area is 173 Å². The maximum Gasteiger partial charge on any atom is 0.330 e. The fourth-order valence-electron chi connectivity index (χ4n) is 2.96. The summed E-state index contributed by atoms with van der Waals surface area (Å²) in [5, 5.41) is 0.912. The Bertz CT molecular complexity index is 1190. The zero-order chi connectivity index (χ0) is 20.9. The lowest BCUT2D eigenvalue weighted by Crippen LogP contribution is -1.98. The number of nitrogens with zero attached hydrogens (tertiary/aromatic N) is 1. The van der Waals surface area contributed by atoms with E-state index in [4.69, 9.17) is 18.3 Å². The van der Waals surface area contributed by atoms with Crippen LogP contribution >= 0.6 is 0 Å². The molecule has 6 heteroatoms. The number of ether oxygens (including phenoxy) is 2. The maximum absolute atomic E-state index is 11.4. The first-order valence-electron chi connectivity index (χ1n) is 9.65. The Morgan fingerprint density at radius 1 is 1.10 bits per heavy atom. The number of hydrogen-bond donors (Lipinski definition) is 0. The van der Waals surface area contributed by atoms with E-state index in [0.29, 0.717) is 29.6 Å². The predicted octanol–water partition coefficient (Wildman–Crippen LogP) is 5.55. The van der Waals surface area contributed by atoms with Crippen molar-refractivity contribution < 1.29 is 23.1 Å². The lowest BCUT2D eigenvalue weighted by Gasteiger charge is -2.04. The zero-order valence-electron chi connectivity index (χ0n) is 16.8. The molecule has 6 nitrogen and oxygen atoms in total. The molecule has 0 aliphatic rings. The van der Waals surface area contributed by atoms with Crippen molar-refractivity contribution in [2.75, 3.05) is 6.61 Å². The highest BCUT2D eigenvalue weighted by molar-refractivity contribution is 5.88. The monoisotopic (exact) mass is 403 g/mol. The van der Waals surface area contributed by atoms with Gasteiger partial charge in [-0.05, 0) is 50.3 Å². The molecule has 0 aliphatic heterocycles. The number of esters is 1. The van der Waals surface area contributed by atoms with Crippen molar-refractivity contribution in [3.8, 4) is 17.2 Å². The number of furan rings is 1. The van der Waals surface area contributed by atoms with Crippen LogP contribution < -0.4 is 4.74 Å². The van der Waals surface area contributed by atoms with Crippen LogP contribution in [-0.4, -0.2) is 17.6 Å². The van der Waals surface area contributed by atoms with Gasteiger partial charge in [-0.1, -0.05) is 18.2 Å². The molecule has 30 heavy (non-hydrogen) atoms. The third-order valence-electron chi connectivity index (χ3n) is 4.47. The van der Waals surface area contributed by atoms with Crippen LogP contribution in [0.4, 0.5) is 0 Å². The van der Waals surface area contributed by atoms with Gasteiger partial charge >= 0.3 is 5.97 Å². The van der Waals surface area contributed by atoms with Gasteiger partial charge in [0, 0.05) is 23.1 Å². The third kappa shape index (κ3) is 4.43. The first-order chi connectivity index (χ1) is 14.6. The number of benzene rings is 2. The zero-order valence-corrected chi connectivity index (χ0v) is 16.8. The predicted molar refractivity (Wildman–Crippen MR) is 113 cm³/mol. The van der Waals surface area contributed by atoms with E-state index in [1.807, 2.05) is 61.5 Å². The van der Waals surface area contributed by atoms with Crippen LogP contribution in [0.2, 0.25) is 0 Å². The molecule has 0 bridgehead atoms. The standard InChI is InChI=1S/C24H21NO5/c1-3-27-23(26)12-11-20-13-18-9-10-19(14-22(18)30-20)28-15-21-16(2)29-24(25-21)17-7-5-4-6-8-17/h4-14H,3,15H2,1-2H3/b12-11+. The van der Waals surface area contributed by atoms with Crippen LogP contribution in [0.25, 0.3) is 28.5 Å². The average molecular weight is 403 g/mol. The van der Waals surface area contributed by atoms with Gasteiger partial charge in [0.05, 0.1) is 6.61 Å². The Hall–Kier alpha value is -3.80. The lowest BCUT2D eigenvalue weighted by molar-refractivity contribution is -0.137. The Kier molecular flexibility index (Phi) is 5.66. The molecule has 0 aliphatic carbocycles. The van der Waals surface area contributed by atoms with Crippen molar-refractivity contribution in [1.82, 2.24) is 4.98 Å². The van der Waals surface area contributed by atoms with E-state index >= 15 is 0 Å². The summed E-state index contributed by atoms with van der Waals surface area (Å²) in [6, 6.07) is 17.2. The summed E-state index contributed by atoms with van der Waals surface area (Å²) in [6.45, 7) is 4.25. The summed E-state index contributed by atoms with van der Waals surface area (Å²) in [6.07, 6.45) is 2.93. The molecule has 2 aromatic carbocycles. The smallest absolute Gasteiger partial charge is 0.330 e. The maximum atomic E-state index is 11.4. The molecule has 152 valence electrons. The van der Waals surface area contributed by atoms with Crippen molar-refractivity contribution in [2.24, 2.45) is 0 Å². The van der Waals surface area contributed by atoms with E-state index in [9.17, 15) is 4.79 Å². The molecule has 0 amide bonds. The lowest BCUT2D eigenvalue weighted by atomic mass is 10.2. The molecule has 0 atom stereocenters. The van der Waals surface area contributed by atoms with Gasteiger partial charge in [-0.25, -0.2) is 9.78 Å². The number of aryl methyl sites for hydroxylation is 1. The minimum absolute atomic E-state index is 0.282. The number of aromatic nitrogens is 1. The van der Waals surface area contributed by atoms with Crippen LogP contribution in [-0.2, 0) is 16.1 Å². The summed E-state index contributed by atoms with van der Waals surface area (Å²) in [7, 11) is 0. The molecule has 4 rings (SSSR count). The second-order valence-corrected chi connectivity index (χ2v) is 6.61. The molecule has 4 aromatic rings. The van der Waals surface area contributed by atoms with E-state index in [-0.39, 0.29) is 6.61 Å². The summed E-state index contributed by atoms with van der Waals surface area (Å²) in [5.41, 5.74) is 2.33. The topological polar surface area (TPSA) is 74.7 Å². The molecule has 0 unspecified atom stereocenters. The number of fused-ring (bicyclic) bond motifs is 1. The molecule has 0 radical (unpaired) electrons. The number of carbonyl (C=O) groups excluding carboxylic acids is 1. The average Bonchev–Trinajstić information content (AvgIpc) is 3.34. The first kappa shape index (κ1) is 19.5. The molecular weight excluding hydrogens is 382 g/mol. The second kappa shape index (κ2) is 8.69. The number of oxazole rings is 1. The molecule has 0 N–H and O–H groups in total. The van der Waals surface area contributed by atoms with Gasteiger partial charge in [0.2, 0.25) is 5.89 Å². The normalized spacial score (nSPS) is 11.3. The molecule has 2 heterocycles. The largest absolute Gasteiger partial charge is 0.487 e. The summed E-state index contributed by atoms with van der Waals surface area (Å²) in [5.74, 6) is 2.11. The van der Waals surface area contributed by atoms with E-state index in [1.54, 1.807) is 13.0 Å². The SMILES string of the molecule is CCOC(=O)/C=C/c1cc2ccc(OCc3nc(-c4ccccc4)oc3C)cc2o1. The summed E-state index contributed by atoms with van der Waals surface area (Å²) >= 11 is 0. The minimum atomic E-state index is -0.403. The number of rotatable bonds is 7. The van der Waals surface area contributed by atoms with Gasteiger partial charge in [0.25, 0.3) is 0 Å². The van der Waals surface area contributed by atoms with Crippen molar-refractivity contribution in [3.63, 3.8) is 0 Å². The Morgan fingerprint density at radius 3 is 2.73 bits per heavy atom. The summed E-state index contributed by atoms with van der Waals surface area (Å²) in [4.78, 5) is 16.0. The fraction of sp³-hybridized carbons (Fsp3) is 0.167. The van der Waals surface area contributed by atoms with Gasteiger partial charge < -0.3 is 18.3 Å².